The number of halogens is 2. The molecule has 3 aromatic rings. The van der Waals surface area contributed by atoms with Crippen molar-refractivity contribution in [3.05, 3.63) is 103 Å². The molecule has 0 unspecified atom stereocenters. The third kappa shape index (κ3) is 4.94. The van der Waals surface area contributed by atoms with Crippen molar-refractivity contribution in [2.75, 3.05) is 0 Å². The molecule has 4 nitrogen and oxygen atoms in total. The number of hydrogen-bond acceptors (Lipinski definition) is 4. The predicted molar refractivity (Wildman–Crippen MR) is 125 cm³/mol. The van der Waals surface area contributed by atoms with Crippen LogP contribution in [0.2, 0.25) is 0 Å². The van der Waals surface area contributed by atoms with Crippen LogP contribution in [0, 0.1) is 3.57 Å². The van der Waals surface area contributed by atoms with E-state index in [2.05, 4.69) is 49.6 Å². The number of carbonyl (C=O) groups excluding carboxylic acids is 1. The molecule has 1 heterocycles. The highest BCUT2D eigenvalue weighted by Crippen LogP contribution is 2.22. The van der Waals surface area contributed by atoms with Gasteiger partial charge in [0.25, 0.3) is 0 Å². The predicted octanol–water partition coefficient (Wildman–Crippen LogP) is 5.98. The van der Waals surface area contributed by atoms with Crippen molar-refractivity contribution in [2.24, 2.45) is 4.99 Å². The summed E-state index contributed by atoms with van der Waals surface area (Å²) in [4.78, 5) is 16.5. The molecule has 3 aromatic carbocycles. The van der Waals surface area contributed by atoms with Gasteiger partial charge in [-0.15, -0.1) is 0 Å². The fourth-order valence-electron chi connectivity index (χ4n) is 2.72. The number of ether oxygens (including phenoxy) is 2. The first-order valence-electron chi connectivity index (χ1n) is 8.83. The zero-order valence-electron chi connectivity index (χ0n) is 15.1. The van der Waals surface area contributed by atoms with Gasteiger partial charge in [0.2, 0.25) is 5.90 Å². The summed E-state index contributed by atoms with van der Waals surface area (Å²) in [6, 6.07) is 23.1. The van der Waals surface area contributed by atoms with Gasteiger partial charge >= 0.3 is 5.97 Å². The fourth-order valence-corrected chi connectivity index (χ4v) is 3.53. The van der Waals surface area contributed by atoms with Crippen LogP contribution in [0.1, 0.15) is 16.7 Å². The van der Waals surface area contributed by atoms with Crippen LogP contribution in [0.5, 0.6) is 5.75 Å². The summed E-state index contributed by atoms with van der Waals surface area (Å²) in [6.45, 7) is 0.507. The first kappa shape index (κ1) is 19.8. The molecule has 0 saturated heterocycles. The van der Waals surface area contributed by atoms with Crippen LogP contribution < -0.4 is 4.74 Å². The average Bonchev–Trinajstić information content (AvgIpc) is 3.09. The van der Waals surface area contributed by atoms with Gasteiger partial charge in [-0.05, 0) is 76.7 Å². The molecular formula is C23H15BrINO3. The van der Waals surface area contributed by atoms with Gasteiger partial charge in [0, 0.05) is 19.2 Å². The summed E-state index contributed by atoms with van der Waals surface area (Å²) < 4.78 is 13.3. The smallest absolute Gasteiger partial charge is 0.363 e. The molecule has 0 saturated carbocycles. The first-order valence-corrected chi connectivity index (χ1v) is 10.7. The van der Waals surface area contributed by atoms with E-state index in [0.29, 0.717) is 12.5 Å². The van der Waals surface area contributed by atoms with Gasteiger partial charge in [-0.2, -0.15) is 0 Å². The van der Waals surface area contributed by atoms with Crippen LogP contribution in [0.4, 0.5) is 0 Å². The van der Waals surface area contributed by atoms with Crippen LogP contribution in [-0.2, 0) is 16.1 Å². The van der Waals surface area contributed by atoms with E-state index in [0.717, 1.165) is 26.9 Å². The summed E-state index contributed by atoms with van der Waals surface area (Å²) in [5.41, 5.74) is 3.02. The van der Waals surface area contributed by atoms with E-state index in [9.17, 15) is 4.79 Å². The highest BCUT2D eigenvalue weighted by atomic mass is 127. The van der Waals surface area contributed by atoms with Crippen LogP contribution in [-0.4, -0.2) is 11.9 Å². The first-order chi connectivity index (χ1) is 14.1. The summed E-state index contributed by atoms with van der Waals surface area (Å²) in [5, 5.41) is 0. The molecule has 0 aliphatic carbocycles. The van der Waals surface area contributed by atoms with Crippen LogP contribution in [0.15, 0.2) is 88.0 Å². The van der Waals surface area contributed by atoms with Gasteiger partial charge in [-0.25, -0.2) is 9.79 Å². The van der Waals surface area contributed by atoms with Crippen LogP contribution >= 0.6 is 38.5 Å². The van der Waals surface area contributed by atoms with Crippen molar-refractivity contribution >= 4 is 56.5 Å². The lowest BCUT2D eigenvalue weighted by Gasteiger charge is -2.08. The van der Waals surface area contributed by atoms with E-state index in [-0.39, 0.29) is 5.70 Å². The largest absolute Gasteiger partial charge is 0.489 e. The molecule has 6 heteroatoms. The number of cyclic esters (lactones) is 1. The second-order valence-electron chi connectivity index (χ2n) is 6.29. The molecule has 1 aliphatic rings. The van der Waals surface area contributed by atoms with Gasteiger partial charge in [-0.3, -0.25) is 0 Å². The Bertz CT molecular complexity index is 1110. The Kier molecular flexibility index (Phi) is 6.10. The normalized spacial score (nSPS) is 14.6. The summed E-state index contributed by atoms with van der Waals surface area (Å²) in [7, 11) is 0. The molecule has 0 fully saturated rings. The van der Waals surface area contributed by atoms with Crippen LogP contribution in [0.3, 0.4) is 0 Å². The number of carbonyl (C=O) groups is 1. The molecule has 1 aliphatic heterocycles. The number of nitrogens with zero attached hydrogens (tertiary/aromatic N) is 1. The lowest BCUT2D eigenvalue weighted by atomic mass is 10.2. The molecular weight excluding hydrogens is 545 g/mol. The van der Waals surface area contributed by atoms with Crippen molar-refractivity contribution in [1.82, 2.24) is 0 Å². The Labute approximate surface area is 190 Å². The van der Waals surface area contributed by atoms with Crippen molar-refractivity contribution in [3.63, 3.8) is 0 Å². The number of rotatable bonds is 5. The molecule has 4 rings (SSSR count). The lowest BCUT2D eigenvalue weighted by Crippen LogP contribution is -2.05. The number of aliphatic imine (C=N–C) groups is 1. The van der Waals surface area contributed by atoms with Crippen molar-refractivity contribution < 1.29 is 14.3 Å². The Morgan fingerprint density at radius 3 is 2.45 bits per heavy atom. The van der Waals surface area contributed by atoms with Gasteiger partial charge in [-0.1, -0.05) is 46.3 Å². The summed E-state index contributed by atoms with van der Waals surface area (Å²) >= 11 is 5.68. The van der Waals surface area contributed by atoms with E-state index in [1.54, 1.807) is 6.08 Å². The van der Waals surface area contributed by atoms with Crippen LogP contribution in [0.25, 0.3) is 6.08 Å². The third-order valence-corrected chi connectivity index (χ3v) is 5.83. The maximum Gasteiger partial charge on any atom is 0.363 e. The molecule has 0 bridgehead atoms. The second kappa shape index (κ2) is 8.92. The molecule has 29 heavy (non-hydrogen) atoms. The van der Waals surface area contributed by atoms with Crippen molar-refractivity contribution in [3.8, 4) is 5.75 Å². The minimum atomic E-state index is -0.457. The Morgan fingerprint density at radius 2 is 1.72 bits per heavy atom. The van der Waals surface area contributed by atoms with E-state index in [1.807, 2.05) is 66.7 Å². The monoisotopic (exact) mass is 559 g/mol. The van der Waals surface area contributed by atoms with Gasteiger partial charge in [0.05, 0.1) is 0 Å². The van der Waals surface area contributed by atoms with Gasteiger partial charge < -0.3 is 9.47 Å². The standard InChI is InChI=1S/C23H15BrINO3/c24-18-9-7-16(8-10-18)22-26-21(23(27)29-22)13-15-5-11-19(12-6-15)28-14-17-3-1-2-4-20(17)25/h1-13H,14H2/b21-13-. The molecule has 0 atom stereocenters. The van der Waals surface area contributed by atoms with E-state index in [1.165, 1.54) is 3.57 Å². The van der Waals surface area contributed by atoms with Gasteiger partial charge in [0.1, 0.15) is 12.4 Å². The third-order valence-electron chi connectivity index (χ3n) is 4.25. The SMILES string of the molecule is O=C1OC(c2ccc(Br)cc2)=N/C1=C\c1ccc(OCc2ccccc2I)cc1. The number of esters is 1. The maximum atomic E-state index is 12.1. The minimum absolute atomic E-state index is 0.274. The number of benzene rings is 3. The molecule has 0 aromatic heterocycles. The summed E-state index contributed by atoms with van der Waals surface area (Å²) in [5.74, 6) is 0.618. The quantitative estimate of drug-likeness (QED) is 0.219. The highest BCUT2D eigenvalue weighted by molar-refractivity contribution is 14.1. The molecule has 0 radical (unpaired) electrons. The van der Waals surface area contributed by atoms with Crippen molar-refractivity contribution in [1.29, 1.82) is 0 Å². The topological polar surface area (TPSA) is 47.9 Å². The van der Waals surface area contributed by atoms with E-state index >= 15 is 0 Å². The van der Waals surface area contributed by atoms with E-state index < -0.39 is 5.97 Å². The minimum Gasteiger partial charge on any atom is -0.489 e. The highest BCUT2D eigenvalue weighted by Gasteiger charge is 2.24. The number of hydrogen-bond donors (Lipinski definition) is 0. The zero-order chi connectivity index (χ0) is 20.2. The lowest BCUT2D eigenvalue weighted by molar-refractivity contribution is -0.129. The average molecular weight is 560 g/mol. The molecule has 144 valence electrons. The van der Waals surface area contributed by atoms with Gasteiger partial charge in [0.15, 0.2) is 5.70 Å². The molecule has 0 amide bonds. The van der Waals surface area contributed by atoms with Crippen molar-refractivity contribution in [2.45, 2.75) is 6.61 Å². The zero-order valence-corrected chi connectivity index (χ0v) is 18.9. The second-order valence-corrected chi connectivity index (χ2v) is 8.37. The summed E-state index contributed by atoms with van der Waals surface area (Å²) in [6.07, 6.45) is 1.71. The molecule has 0 N–H and O–H groups in total. The molecule has 0 spiro atoms. The van der Waals surface area contributed by atoms with E-state index in [4.69, 9.17) is 9.47 Å². The Balaban J connectivity index is 1.46. The fraction of sp³-hybridized carbons (Fsp3) is 0.0435. The Morgan fingerprint density at radius 1 is 1.00 bits per heavy atom. The Hall–Kier alpha value is -2.45. The maximum absolute atomic E-state index is 12.1.